The van der Waals surface area contributed by atoms with Crippen LogP contribution in [0.3, 0.4) is 0 Å². The van der Waals surface area contributed by atoms with Gasteiger partial charge in [0.05, 0.1) is 17.7 Å². The number of hydrogen-bond acceptors (Lipinski definition) is 7. The fourth-order valence-electron chi connectivity index (χ4n) is 1.97. The van der Waals surface area contributed by atoms with Crippen LogP contribution in [0.5, 0.6) is 5.75 Å². The van der Waals surface area contributed by atoms with Gasteiger partial charge >= 0.3 is 5.97 Å². The Morgan fingerprint density at radius 1 is 1.20 bits per heavy atom. The molecule has 2 aromatic heterocycles. The summed E-state index contributed by atoms with van der Waals surface area (Å²) in [5.74, 6) is -0.370. The van der Waals surface area contributed by atoms with Gasteiger partial charge in [0.25, 0.3) is 5.91 Å². The molecule has 1 N–H and O–H groups in total. The largest absolute Gasteiger partial charge is 0.482 e. The predicted octanol–water partition coefficient (Wildman–Crippen LogP) is 3.68. The minimum atomic E-state index is -0.487. The van der Waals surface area contributed by atoms with Gasteiger partial charge in [0.2, 0.25) is 0 Å². The molecule has 0 radical (unpaired) electrons. The number of rotatable bonds is 6. The molecule has 0 saturated carbocycles. The molecule has 128 valence electrons. The van der Waals surface area contributed by atoms with Crippen molar-refractivity contribution < 1.29 is 19.1 Å². The first-order valence-electron chi connectivity index (χ1n) is 7.26. The number of thiazole rings is 1. The molecule has 0 fully saturated rings. The molecule has 0 spiro atoms. The van der Waals surface area contributed by atoms with Crippen LogP contribution in [0.1, 0.15) is 10.4 Å². The number of esters is 1. The van der Waals surface area contributed by atoms with E-state index in [0.717, 1.165) is 10.6 Å². The standard InChI is InChI=1S/C17H14N2O4S2/c1-22-15(20)9-23-12-5-2-4-11(8-12)16(21)19-17-18-13(10-25-17)14-6-3-7-24-14/h2-8,10H,9H2,1H3,(H,18,19,21). The average Bonchev–Trinajstić information content (AvgIpc) is 3.31. The molecule has 25 heavy (non-hydrogen) atoms. The van der Waals surface area contributed by atoms with Gasteiger partial charge in [-0.3, -0.25) is 10.1 Å². The summed E-state index contributed by atoms with van der Waals surface area (Å²) in [6, 6.07) is 10.5. The number of anilines is 1. The molecular formula is C17H14N2O4S2. The Balaban J connectivity index is 1.66. The van der Waals surface area contributed by atoms with E-state index in [1.807, 2.05) is 22.9 Å². The second-order valence-corrected chi connectivity index (χ2v) is 6.67. The fraction of sp³-hybridized carbons (Fsp3) is 0.118. The lowest BCUT2D eigenvalue weighted by Crippen LogP contribution is -2.14. The van der Waals surface area contributed by atoms with Crippen LogP contribution in [0, 0.1) is 0 Å². The van der Waals surface area contributed by atoms with Crippen molar-refractivity contribution in [2.75, 3.05) is 19.0 Å². The second kappa shape index (κ2) is 7.91. The quantitative estimate of drug-likeness (QED) is 0.666. The maximum absolute atomic E-state index is 12.4. The molecule has 0 saturated heterocycles. The number of methoxy groups -OCH3 is 1. The van der Waals surface area contributed by atoms with Crippen LogP contribution in [-0.2, 0) is 9.53 Å². The van der Waals surface area contributed by atoms with Crippen molar-refractivity contribution in [3.63, 3.8) is 0 Å². The summed E-state index contributed by atoms with van der Waals surface area (Å²) < 4.78 is 9.80. The number of carbonyl (C=O) groups is 2. The minimum absolute atomic E-state index is 0.210. The minimum Gasteiger partial charge on any atom is -0.482 e. The Morgan fingerprint density at radius 3 is 2.84 bits per heavy atom. The molecule has 1 amide bonds. The number of hydrogen-bond donors (Lipinski definition) is 1. The van der Waals surface area contributed by atoms with E-state index in [0.29, 0.717) is 16.4 Å². The van der Waals surface area contributed by atoms with Crippen molar-refractivity contribution in [1.29, 1.82) is 0 Å². The summed E-state index contributed by atoms with van der Waals surface area (Å²) in [6.07, 6.45) is 0. The van der Waals surface area contributed by atoms with Crippen LogP contribution in [-0.4, -0.2) is 30.6 Å². The van der Waals surface area contributed by atoms with Crippen molar-refractivity contribution in [3.05, 3.63) is 52.7 Å². The van der Waals surface area contributed by atoms with Crippen LogP contribution in [0.4, 0.5) is 5.13 Å². The zero-order valence-electron chi connectivity index (χ0n) is 13.2. The lowest BCUT2D eigenvalue weighted by atomic mass is 10.2. The lowest BCUT2D eigenvalue weighted by Gasteiger charge is -2.07. The number of aromatic nitrogens is 1. The maximum Gasteiger partial charge on any atom is 0.343 e. The normalized spacial score (nSPS) is 10.3. The summed E-state index contributed by atoms with van der Waals surface area (Å²) in [7, 11) is 1.29. The first-order valence-corrected chi connectivity index (χ1v) is 9.02. The highest BCUT2D eigenvalue weighted by Gasteiger charge is 2.12. The number of amides is 1. The highest BCUT2D eigenvalue weighted by molar-refractivity contribution is 7.16. The van der Waals surface area contributed by atoms with Gasteiger partial charge in [-0.1, -0.05) is 12.1 Å². The molecule has 2 heterocycles. The van der Waals surface area contributed by atoms with Crippen molar-refractivity contribution in [2.45, 2.75) is 0 Å². The Bertz CT molecular complexity index is 874. The van der Waals surface area contributed by atoms with Gasteiger partial charge in [-0.05, 0) is 29.6 Å². The Hall–Kier alpha value is -2.71. The maximum atomic E-state index is 12.4. The third-order valence-corrected chi connectivity index (χ3v) is 4.83. The Morgan fingerprint density at radius 2 is 2.08 bits per heavy atom. The van der Waals surface area contributed by atoms with Gasteiger partial charge in [-0.25, -0.2) is 9.78 Å². The van der Waals surface area contributed by atoms with E-state index in [9.17, 15) is 9.59 Å². The van der Waals surface area contributed by atoms with E-state index >= 15 is 0 Å². The average molecular weight is 374 g/mol. The van der Waals surface area contributed by atoms with E-state index < -0.39 is 5.97 Å². The SMILES string of the molecule is COC(=O)COc1cccc(C(=O)Nc2nc(-c3cccs3)cs2)c1. The molecule has 1 aromatic carbocycles. The molecule has 6 nitrogen and oxygen atoms in total. The van der Waals surface area contributed by atoms with Crippen molar-refractivity contribution in [2.24, 2.45) is 0 Å². The molecule has 8 heteroatoms. The van der Waals surface area contributed by atoms with E-state index in [1.54, 1.807) is 35.6 Å². The molecule has 3 aromatic rings. The van der Waals surface area contributed by atoms with Gasteiger partial charge in [0.15, 0.2) is 11.7 Å². The highest BCUT2D eigenvalue weighted by atomic mass is 32.1. The molecule has 0 aliphatic heterocycles. The topological polar surface area (TPSA) is 77.5 Å². The summed E-state index contributed by atoms with van der Waals surface area (Å²) in [5.41, 5.74) is 1.25. The van der Waals surface area contributed by atoms with Crippen molar-refractivity contribution in [3.8, 4) is 16.3 Å². The van der Waals surface area contributed by atoms with Crippen LogP contribution >= 0.6 is 22.7 Å². The molecule has 0 atom stereocenters. The monoisotopic (exact) mass is 374 g/mol. The number of benzene rings is 1. The van der Waals surface area contributed by atoms with E-state index in [2.05, 4.69) is 15.0 Å². The molecule has 0 aliphatic carbocycles. The first kappa shape index (κ1) is 17.1. The fourth-order valence-corrected chi connectivity index (χ4v) is 3.43. The summed E-state index contributed by atoms with van der Waals surface area (Å²) >= 11 is 2.96. The van der Waals surface area contributed by atoms with Crippen molar-refractivity contribution in [1.82, 2.24) is 4.98 Å². The lowest BCUT2D eigenvalue weighted by molar-refractivity contribution is -0.142. The molecule has 0 bridgehead atoms. The number of ether oxygens (including phenoxy) is 2. The summed E-state index contributed by atoms with van der Waals surface area (Å²) in [5, 5.41) is 7.17. The molecule has 3 rings (SSSR count). The number of thiophene rings is 1. The van der Waals surface area contributed by atoms with E-state index in [4.69, 9.17) is 4.74 Å². The number of nitrogens with one attached hydrogen (secondary N) is 1. The summed E-state index contributed by atoms with van der Waals surface area (Å²) in [6.45, 7) is -0.210. The Labute approximate surface area is 152 Å². The van der Waals surface area contributed by atoms with Crippen LogP contribution in [0.15, 0.2) is 47.2 Å². The summed E-state index contributed by atoms with van der Waals surface area (Å²) in [4.78, 5) is 28.9. The van der Waals surface area contributed by atoms with Crippen LogP contribution in [0.25, 0.3) is 10.6 Å². The van der Waals surface area contributed by atoms with Crippen molar-refractivity contribution >= 4 is 39.7 Å². The molecule has 0 unspecified atom stereocenters. The third-order valence-electron chi connectivity index (χ3n) is 3.18. The van der Waals surface area contributed by atoms with Gasteiger partial charge in [0, 0.05) is 10.9 Å². The predicted molar refractivity (Wildman–Crippen MR) is 97.3 cm³/mol. The zero-order valence-corrected chi connectivity index (χ0v) is 14.9. The van der Waals surface area contributed by atoms with Gasteiger partial charge in [0.1, 0.15) is 5.75 Å². The molecule has 0 aliphatic rings. The van der Waals surface area contributed by atoms with Crippen LogP contribution in [0.2, 0.25) is 0 Å². The van der Waals surface area contributed by atoms with E-state index in [1.165, 1.54) is 18.4 Å². The second-order valence-electron chi connectivity index (χ2n) is 4.86. The number of nitrogens with zero attached hydrogens (tertiary/aromatic N) is 1. The van der Waals surface area contributed by atoms with Gasteiger partial charge in [-0.2, -0.15) is 0 Å². The van der Waals surface area contributed by atoms with Gasteiger partial charge in [-0.15, -0.1) is 22.7 Å². The van der Waals surface area contributed by atoms with Crippen LogP contribution < -0.4 is 10.1 Å². The number of carbonyl (C=O) groups excluding carboxylic acids is 2. The highest BCUT2D eigenvalue weighted by Crippen LogP contribution is 2.28. The first-order chi connectivity index (χ1) is 12.2. The smallest absolute Gasteiger partial charge is 0.343 e. The molecular weight excluding hydrogens is 360 g/mol. The zero-order chi connectivity index (χ0) is 17.6. The van der Waals surface area contributed by atoms with E-state index in [-0.39, 0.29) is 12.5 Å². The third kappa shape index (κ3) is 4.43. The van der Waals surface area contributed by atoms with Gasteiger partial charge < -0.3 is 9.47 Å². The Kier molecular flexibility index (Phi) is 5.42.